The molecule has 0 amide bonds. The third-order valence-corrected chi connectivity index (χ3v) is 11.8. The number of benzene rings is 8. The van der Waals surface area contributed by atoms with E-state index in [0.717, 1.165) is 45.5 Å². The molecule has 12 nitrogen and oxygen atoms in total. The number of fused-ring (bicyclic) bond motifs is 5. The first-order valence-electron chi connectivity index (χ1n) is 20.6. The normalized spacial score (nSPS) is 13.3. The summed E-state index contributed by atoms with van der Waals surface area (Å²) in [5.74, 6) is -4.88. The van der Waals surface area contributed by atoms with E-state index in [-0.39, 0.29) is 44.9 Å². The van der Waals surface area contributed by atoms with Crippen LogP contribution < -0.4 is 0 Å². The number of carbonyl (C=O) groups excluding carboxylic acids is 4. The van der Waals surface area contributed by atoms with E-state index in [1.807, 2.05) is 84.9 Å². The van der Waals surface area contributed by atoms with E-state index in [2.05, 4.69) is 70.1 Å². The number of phenolic OH excluding ortho intramolecular Hbond substituents is 2. The van der Waals surface area contributed by atoms with Crippen LogP contribution in [0.1, 0.15) is 84.4 Å². The van der Waals surface area contributed by atoms with E-state index in [0.29, 0.717) is 0 Å². The van der Waals surface area contributed by atoms with Crippen molar-refractivity contribution in [2.45, 2.75) is 5.41 Å². The van der Waals surface area contributed by atoms with Gasteiger partial charge in [0.2, 0.25) is 0 Å². The van der Waals surface area contributed by atoms with Crippen LogP contribution in [0, 0.1) is 0 Å². The molecule has 8 aromatic rings. The first-order valence-corrected chi connectivity index (χ1v) is 20.6. The van der Waals surface area contributed by atoms with Gasteiger partial charge in [-0.3, -0.25) is 0 Å². The number of rotatable bonds is 6. The van der Waals surface area contributed by atoms with Crippen molar-refractivity contribution in [3.63, 3.8) is 0 Å². The van der Waals surface area contributed by atoms with Crippen molar-refractivity contribution < 1.29 is 58.7 Å². The number of aromatic hydroxyl groups is 2. The topological polar surface area (TPSA) is 202 Å². The molecular formula is C55H34O12. The Morgan fingerprint density at radius 2 is 0.716 bits per heavy atom. The summed E-state index contributed by atoms with van der Waals surface area (Å²) in [5.41, 5.74) is 9.85. The number of aromatic carboxylic acids is 2. The Bertz CT molecular complexity index is 3130. The Hall–Kier alpha value is -9.42. The molecule has 67 heavy (non-hydrogen) atoms. The van der Waals surface area contributed by atoms with Gasteiger partial charge >= 0.3 is 35.8 Å². The fraction of sp³-hybridized carbons (Fsp3) is 0.0182. The van der Waals surface area contributed by atoms with E-state index in [1.165, 1.54) is 46.5 Å². The summed E-state index contributed by atoms with van der Waals surface area (Å²) in [4.78, 5) is 65.1. The highest BCUT2D eigenvalue weighted by molar-refractivity contribution is 6.16. The minimum absolute atomic E-state index is 0.00917. The van der Waals surface area contributed by atoms with Crippen molar-refractivity contribution in [3.05, 3.63) is 238 Å². The standard InChI is InChI=1S/C37H26O2.2C9H4O5/c38-35-21-19-27(23-31(35)25-11-3-1-4-12-25)37(28-20-22-36(39)32(24-28)26-13-5-2-6-14-26)33-17-9-7-15-29(33)30-16-8-10-18-34(30)37;2*10-7(11)4-1-2-5-6(3-4)9(13)14-8(5)12/h1-24,38-39H;2*1-3H,(H,10,11). The first-order chi connectivity index (χ1) is 32.4. The lowest BCUT2D eigenvalue weighted by Gasteiger charge is -2.34. The Balaban J connectivity index is 0.000000163. The number of carboxylic acid groups (broad SMARTS) is 2. The van der Waals surface area contributed by atoms with E-state index in [9.17, 15) is 39.0 Å². The highest BCUT2D eigenvalue weighted by atomic mass is 16.6. The lowest BCUT2D eigenvalue weighted by Crippen LogP contribution is -2.28. The van der Waals surface area contributed by atoms with Gasteiger partial charge in [0.05, 0.1) is 38.8 Å². The van der Waals surface area contributed by atoms with Crippen LogP contribution in [-0.4, -0.2) is 56.2 Å². The van der Waals surface area contributed by atoms with Gasteiger partial charge in [-0.1, -0.05) is 121 Å². The van der Waals surface area contributed by atoms with E-state index in [1.54, 1.807) is 0 Å². The van der Waals surface area contributed by atoms with E-state index < -0.39 is 41.2 Å². The van der Waals surface area contributed by atoms with Gasteiger partial charge < -0.3 is 29.9 Å². The second-order valence-corrected chi connectivity index (χ2v) is 15.5. The SMILES string of the molecule is O=C(O)c1ccc2c(c1)C(=O)OC2=O.O=C(O)c1ccc2c(c1)C(=O)OC2=O.Oc1ccc(C2(c3ccc(O)c(-c4ccccc4)c3)c3ccccc3-c3ccccc32)cc1-c1ccccc1. The number of cyclic esters (lactones) is 4. The smallest absolute Gasteiger partial charge is 0.346 e. The van der Waals surface area contributed by atoms with Gasteiger partial charge in [0, 0.05) is 11.1 Å². The number of ether oxygens (including phenoxy) is 2. The molecule has 4 N–H and O–H groups in total. The Morgan fingerprint density at radius 3 is 1.10 bits per heavy atom. The molecule has 3 aliphatic rings. The van der Waals surface area contributed by atoms with Crippen molar-refractivity contribution in [2.75, 3.05) is 0 Å². The van der Waals surface area contributed by atoms with Crippen LogP contribution >= 0.6 is 0 Å². The second-order valence-electron chi connectivity index (χ2n) is 15.5. The monoisotopic (exact) mass is 886 g/mol. The predicted octanol–water partition coefficient (Wildman–Crippen LogP) is 10.2. The molecule has 11 rings (SSSR count). The minimum Gasteiger partial charge on any atom is -0.507 e. The molecule has 326 valence electrons. The van der Waals surface area contributed by atoms with Gasteiger partial charge in [-0.15, -0.1) is 0 Å². The largest absolute Gasteiger partial charge is 0.507 e. The Kier molecular flexibility index (Phi) is 11.1. The predicted molar refractivity (Wildman–Crippen MR) is 244 cm³/mol. The number of carbonyl (C=O) groups is 6. The van der Waals surface area contributed by atoms with Crippen molar-refractivity contribution in [1.82, 2.24) is 0 Å². The molecule has 0 radical (unpaired) electrons. The summed E-state index contributed by atoms with van der Waals surface area (Å²) < 4.78 is 8.59. The fourth-order valence-corrected chi connectivity index (χ4v) is 8.70. The van der Waals surface area contributed by atoms with Crippen LogP contribution in [0.5, 0.6) is 11.5 Å². The molecule has 1 aliphatic carbocycles. The molecule has 0 fully saturated rings. The average molecular weight is 887 g/mol. The zero-order valence-electron chi connectivity index (χ0n) is 34.9. The van der Waals surface area contributed by atoms with Crippen LogP contribution in [-0.2, 0) is 14.9 Å². The summed E-state index contributed by atoms with van der Waals surface area (Å²) in [6, 6.07) is 56.4. The van der Waals surface area contributed by atoms with Gasteiger partial charge in [-0.25, -0.2) is 28.8 Å². The van der Waals surface area contributed by atoms with Gasteiger partial charge in [-0.2, -0.15) is 0 Å². The van der Waals surface area contributed by atoms with Crippen molar-refractivity contribution >= 4 is 35.8 Å². The molecule has 0 unspecified atom stereocenters. The fourth-order valence-electron chi connectivity index (χ4n) is 8.70. The Labute approximate surface area is 381 Å². The van der Waals surface area contributed by atoms with E-state index >= 15 is 0 Å². The summed E-state index contributed by atoms with van der Waals surface area (Å²) in [7, 11) is 0. The molecular weight excluding hydrogens is 853 g/mol. The van der Waals surface area contributed by atoms with Crippen LogP contribution in [0.3, 0.4) is 0 Å². The average Bonchev–Trinajstić information content (AvgIpc) is 3.93. The summed E-state index contributed by atoms with van der Waals surface area (Å²) in [5, 5.41) is 39.2. The van der Waals surface area contributed by atoms with Crippen LogP contribution in [0.15, 0.2) is 182 Å². The summed E-state index contributed by atoms with van der Waals surface area (Å²) >= 11 is 0. The van der Waals surface area contributed by atoms with Crippen LogP contribution in [0.25, 0.3) is 33.4 Å². The second kappa shape index (κ2) is 17.3. The number of carboxylic acids is 2. The van der Waals surface area contributed by atoms with Gasteiger partial charge in [-0.05, 0) is 105 Å². The third kappa shape index (κ3) is 7.64. The molecule has 2 heterocycles. The number of hydrogen-bond acceptors (Lipinski definition) is 10. The maximum Gasteiger partial charge on any atom is 0.346 e. The van der Waals surface area contributed by atoms with Gasteiger partial charge in [0.1, 0.15) is 11.5 Å². The zero-order valence-corrected chi connectivity index (χ0v) is 34.9. The summed E-state index contributed by atoms with van der Waals surface area (Å²) in [6.45, 7) is 0. The summed E-state index contributed by atoms with van der Waals surface area (Å²) in [6.07, 6.45) is 0. The third-order valence-electron chi connectivity index (χ3n) is 11.8. The van der Waals surface area contributed by atoms with Gasteiger partial charge in [0.25, 0.3) is 0 Å². The lowest BCUT2D eigenvalue weighted by atomic mass is 9.67. The lowest BCUT2D eigenvalue weighted by molar-refractivity contribution is 0.0425. The quantitative estimate of drug-likeness (QED) is 0.0911. The van der Waals surface area contributed by atoms with Gasteiger partial charge in [0.15, 0.2) is 0 Å². The molecule has 0 spiro atoms. The molecule has 0 aromatic heterocycles. The maximum absolute atomic E-state index is 11.0. The molecule has 12 heteroatoms. The molecule has 8 aromatic carbocycles. The number of phenols is 2. The van der Waals surface area contributed by atoms with Crippen molar-refractivity contribution in [1.29, 1.82) is 0 Å². The highest BCUT2D eigenvalue weighted by Crippen LogP contribution is 2.57. The minimum atomic E-state index is -1.15. The van der Waals surface area contributed by atoms with Crippen molar-refractivity contribution in [2.24, 2.45) is 0 Å². The number of hydrogen-bond donors (Lipinski definition) is 4. The highest BCUT2D eigenvalue weighted by Gasteiger charge is 2.46. The van der Waals surface area contributed by atoms with Crippen molar-refractivity contribution in [3.8, 4) is 44.9 Å². The van der Waals surface area contributed by atoms with E-state index in [4.69, 9.17) is 10.2 Å². The number of esters is 4. The zero-order chi connectivity index (χ0) is 47.0. The first kappa shape index (κ1) is 42.9. The van der Waals surface area contributed by atoms with Crippen LogP contribution in [0.4, 0.5) is 0 Å². The Morgan fingerprint density at radius 1 is 0.358 bits per heavy atom. The molecule has 0 bridgehead atoms. The molecule has 0 atom stereocenters. The molecule has 2 aliphatic heterocycles. The maximum atomic E-state index is 11.0. The van der Waals surface area contributed by atoms with Crippen LogP contribution in [0.2, 0.25) is 0 Å². The molecule has 0 saturated carbocycles. The molecule has 0 saturated heterocycles.